The molecule has 1 aromatic carbocycles. The first-order valence-corrected chi connectivity index (χ1v) is 8.51. The van der Waals surface area contributed by atoms with Crippen LogP contribution in [0.15, 0.2) is 30.3 Å². The average molecular weight is 361 g/mol. The molecule has 0 bridgehead atoms. The normalized spacial score (nSPS) is 16.0. The molecular formula is C18H23N3O5. The Morgan fingerprint density at radius 2 is 1.92 bits per heavy atom. The number of urea groups is 1. The van der Waals surface area contributed by atoms with E-state index in [1.54, 1.807) is 0 Å². The lowest BCUT2D eigenvalue weighted by atomic mass is 10.1. The van der Waals surface area contributed by atoms with E-state index < -0.39 is 18.1 Å². The highest BCUT2D eigenvalue weighted by Crippen LogP contribution is 2.12. The molecule has 1 aromatic rings. The number of imide groups is 1. The Hall–Kier alpha value is -2.90. The number of benzene rings is 1. The van der Waals surface area contributed by atoms with Gasteiger partial charge in [0.25, 0.3) is 5.91 Å². The van der Waals surface area contributed by atoms with Crippen molar-refractivity contribution in [2.45, 2.75) is 38.8 Å². The number of ether oxygens (including phenoxy) is 1. The van der Waals surface area contributed by atoms with Crippen molar-refractivity contribution in [2.24, 2.45) is 0 Å². The van der Waals surface area contributed by atoms with E-state index in [0.29, 0.717) is 0 Å². The van der Waals surface area contributed by atoms with Crippen molar-refractivity contribution >= 4 is 23.8 Å². The van der Waals surface area contributed by atoms with Gasteiger partial charge in [0.1, 0.15) is 0 Å². The highest BCUT2D eigenvalue weighted by molar-refractivity contribution is 6.01. The van der Waals surface area contributed by atoms with Crippen molar-refractivity contribution in [3.8, 4) is 0 Å². The van der Waals surface area contributed by atoms with Crippen LogP contribution in [0.25, 0.3) is 0 Å². The van der Waals surface area contributed by atoms with Gasteiger partial charge in [0.05, 0.1) is 12.6 Å². The molecule has 1 fully saturated rings. The summed E-state index contributed by atoms with van der Waals surface area (Å²) in [5.74, 6) is -1.25. The molecule has 8 heteroatoms. The minimum Gasteiger partial charge on any atom is -0.453 e. The summed E-state index contributed by atoms with van der Waals surface area (Å²) in [6.45, 7) is 3.48. The van der Waals surface area contributed by atoms with Crippen LogP contribution in [0, 0.1) is 0 Å². The van der Waals surface area contributed by atoms with E-state index in [2.05, 4.69) is 10.6 Å². The molecule has 0 spiro atoms. The van der Waals surface area contributed by atoms with E-state index in [1.165, 1.54) is 6.92 Å². The molecule has 8 nitrogen and oxygen atoms in total. The molecule has 2 N–H and O–H groups in total. The average Bonchev–Trinajstić information content (AvgIpc) is 2.94. The quantitative estimate of drug-likeness (QED) is 0.533. The van der Waals surface area contributed by atoms with Crippen molar-refractivity contribution in [3.05, 3.63) is 35.9 Å². The fraction of sp³-hybridized carbons (Fsp3) is 0.444. The summed E-state index contributed by atoms with van der Waals surface area (Å²) in [5.41, 5.74) is 0.952. The third kappa shape index (κ3) is 5.30. The molecule has 1 aliphatic heterocycles. The van der Waals surface area contributed by atoms with Crippen molar-refractivity contribution < 1.29 is 23.9 Å². The van der Waals surface area contributed by atoms with Gasteiger partial charge in [-0.15, -0.1) is 0 Å². The molecule has 0 radical (unpaired) electrons. The molecule has 1 saturated heterocycles. The van der Waals surface area contributed by atoms with Crippen LogP contribution in [0.4, 0.5) is 4.79 Å². The topological polar surface area (TPSA) is 105 Å². The predicted molar refractivity (Wildman–Crippen MR) is 92.9 cm³/mol. The van der Waals surface area contributed by atoms with Crippen LogP contribution < -0.4 is 10.6 Å². The molecule has 1 heterocycles. The summed E-state index contributed by atoms with van der Waals surface area (Å²) in [7, 11) is 0. The van der Waals surface area contributed by atoms with E-state index in [-0.39, 0.29) is 43.8 Å². The van der Waals surface area contributed by atoms with Crippen LogP contribution >= 0.6 is 0 Å². The van der Waals surface area contributed by atoms with Gasteiger partial charge in [-0.25, -0.2) is 4.79 Å². The Morgan fingerprint density at radius 3 is 2.54 bits per heavy atom. The molecular weight excluding hydrogens is 338 g/mol. The Morgan fingerprint density at radius 1 is 1.23 bits per heavy atom. The number of carbonyl (C=O) groups is 4. The number of carbonyl (C=O) groups excluding carboxylic acids is 4. The van der Waals surface area contributed by atoms with Crippen LogP contribution in [0.1, 0.15) is 38.3 Å². The van der Waals surface area contributed by atoms with Crippen molar-refractivity contribution in [3.63, 3.8) is 0 Å². The summed E-state index contributed by atoms with van der Waals surface area (Å²) in [5, 5.41) is 5.20. The fourth-order valence-electron chi connectivity index (χ4n) is 2.53. The summed E-state index contributed by atoms with van der Waals surface area (Å²) in [4.78, 5) is 47.8. The maximum atomic E-state index is 12.1. The summed E-state index contributed by atoms with van der Waals surface area (Å²) in [6, 6.07) is 8.80. The Bertz CT molecular complexity index is 661. The monoisotopic (exact) mass is 361 g/mol. The van der Waals surface area contributed by atoms with Crippen LogP contribution in [-0.4, -0.2) is 47.9 Å². The van der Waals surface area contributed by atoms with Gasteiger partial charge in [-0.05, 0) is 25.8 Å². The maximum absolute atomic E-state index is 12.1. The molecule has 1 aliphatic rings. The van der Waals surface area contributed by atoms with E-state index in [4.69, 9.17) is 4.74 Å². The van der Waals surface area contributed by atoms with Crippen LogP contribution in [0.5, 0.6) is 0 Å². The third-order valence-electron chi connectivity index (χ3n) is 4.04. The zero-order valence-corrected chi connectivity index (χ0v) is 14.9. The largest absolute Gasteiger partial charge is 0.453 e. The molecule has 0 unspecified atom stereocenters. The molecule has 2 atom stereocenters. The van der Waals surface area contributed by atoms with E-state index in [1.807, 2.05) is 37.3 Å². The zero-order chi connectivity index (χ0) is 19.1. The Balaban J connectivity index is 1.71. The minimum absolute atomic E-state index is 0.0138. The molecule has 0 aliphatic carbocycles. The number of nitrogens with one attached hydrogen (secondary N) is 2. The van der Waals surface area contributed by atoms with Gasteiger partial charge in [0, 0.05) is 13.0 Å². The second-order valence-electron chi connectivity index (χ2n) is 6.08. The maximum Gasteiger partial charge on any atom is 0.324 e. The van der Waals surface area contributed by atoms with Gasteiger partial charge in [-0.1, -0.05) is 30.3 Å². The van der Waals surface area contributed by atoms with Crippen LogP contribution in [-0.2, 0) is 19.1 Å². The first kappa shape index (κ1) is 19.4. The van der Waals surface area contributed by atoms with E-state index in [0.717, 1.165) is 10.5 Å². The van der Waals surface area contributed by atoms with Crippen LogP contribution in [0.2, 0.25) is 0 Å². The molecule has 0 saturated carbocycles. The molecule has 2 rings (SSSR count). The van der Waals surface area contributed by atoms with Gasteiger partial charge in [-0.2, -0.15) is 0 Å². The van der Waals surface area contributed by atoms with E-state index >= 15 is 0 Å². The standard InChI is InChI=1S/C18H23N3O5/c1-12(14-7-4-3-5-8-14)20-17(24)13(2)26-16(23)9-6-10-21-15(22)11-19-18(21)25/h3-5,7-8,12-13H,6,9-11H2,1-2H3,(H,19,25)(H,20,24)/t12-,13-/m0/s1. The highest BCUT2D eigenvalue weighted by atomic mass is 16.5. The first-order chi connectivity index (χ1) is 12.4. The number of hydrogen-bond donors (Lipinski definition) is 2. The van der Waals surface area contributed by atoms with Crippen molar-refractivity contribution in [1.82, 2.24) is 15.5 Å². The zero-order valence-electron chi connectivity index (χ0n) is 14.9. The summed E-state index contributed by atoms with van der Waals surface area (Å²) in [6.07, 6.45) is -0.624. The fourth-order valence-corrected chi connectivity index (χ4v) is 2.53. The summed E-state index contributed by atoms with van der Waals surface area (Å²) >= 11 is 0. The molecule has 0 aromatic heterocycles. The van der Waals surface area contributed by atoms with Gasteiger partial charge >= 0.3 is 12.0 Å². The lowest BCUT2D eigenvalue weighted by Crippen LogP contribution is -2.37. The Labute approximate surface area is 151 Å². The second kappa shape index (κ2) is 8.98. The van der Waals surface area contributed by atoms with Crippen molar-refractivity contribution in [1.29, 1.82) is 0 Å². The second-order valence-corrected chi connectivity index (χ2v) is 6.08. The summed E-state index contributed by atoms with van der Waals surface area (Å²) < 4.78 is 5.11. The van der Waals surface area contributed by atoms with Gasteiger partial charge < -0.3 is 15.4 Å². The predicted octanol–water partition coefficient (Wildman–Crippen LogP) is 1.13. The number of amides is 4. The smallest absolute Gasteiger partial charge is 0.324 e. The number of rotatable bonds is 8. The molecule has 26 heavy (non-hydrogen) atoms. The third-order valence-corrected chi connectivity index (χ3v) is 4.04. The number of esters is 1. The SMILES string of the molecule is C[C@H](OC(=O)CCCN1C(=O)CNC1=O)C(=O)N[C@@H](C)c1ccccc1. The number of nitrogens with zero attached hydrogens (tertiary/aromatic N) is 1. The molecule has 140 valence electrons. The minimum atomic E-state index is -0.926. The number of hydrogen-bond acceptors (Lipinski definition) is 5. The van der Waals surface area contributed by atoms with Gasteiger partial charge in [-0.3, -0.25) is 19.3 Å². The van der Waals surface area contributed by atoms with Crippen LogP contribution in [0.3, 0.4) is 0 Å². The van der Waals surface area contributed by atoms with Gasteiger partial charge in [0.2, 0.25) is 5.91 Å². The van der Waals surface area contributed by atoms with Gasteiger partial charge in [0.15, 0.2) is 6.10 Å². The van der Waals surface area contributed by atoms with Crippen molar-refractivity contribution in [2.75, 3.05) is 13.1 Å². The lowest BCUT2D eigenvalue weighted by Gasteiger charge is -2.18. The lowest BCUT2D eigenvalue weighted by molar-refractivity contribution is -0.155. The van der Waals surface area contributed by atoms with E-state index in [9.17, 15) is 19.2 Å². The Kier molecular flexibility index (Phi) is 6.71. The first-order valence-electron chi connectivity index (χ1n) is 8.51. The molecule has 4 amide bonds. The highest BCUT2D eigenvalue weighted by Gasteiger charge is 2.28.